The zero-order valence-electron chi connectivity index (χ0n) is 15.3. The van der Waals surface area contributed by atoms with Gasteiger partial charge in [0, 0.05) is 18.5 Å². The number of hydrogen-bond donors (Lipinski definition) is 1. The van der Waals surface area contributed by atoms with Crippen LogP contribution in [0.25, 0.3) is 0 Å². The van der Waals surface area contributed by atoms with Gasteiger partial charge in [-0.05, 0) is 25.8 Å². The predicted molar refractivity (Wildman–Crippen MR) is 93.9 cm³/mol. The average molecular weight is 318 g/mol. The van der Waals surface area contributed by atoms with Crippen molar-refractivity contribution >= 4 is 11.8 Å². The fourth-order valence-corrected chi connectivity index (χ4v) is 2.20. The lowest BCUT2D eigenvalue weighted by molar-refractivity contribution is -0.138. The highest BCUT2D eigenvalue weighted by Crippen LogP contribution is 2.14. The van der Waals surface area contributed by atoms with E-state index in [0.717, 1.165) is 12.0 Å². The molecular weight excluding hydrogens is 288 g/mol. The van der Waals surface area contributed by atoms with Crippen LogP contribution in [0.4, 0.5) is 0 Å². The second kappa shape index (κ2) is 8.14. The van der Waals surface area contributed by atoms with Gasteiger partial charge in [0.2, 0.25) is 11.8 Å². The first-order valence-electron chi connectivity index (χ1n) is 8.30. The molecule has 0 radical (unpaired) electrons. The van der Waals surface area contributed by atoms with Crippen molar-refractivity contribution in [2.45, 2.75) is 60.5 Å². The van der Waals surface area contributed by atoms with E-state index in [4.69, 9.17) is 0 Å². The lowest BCUT2D eigenvalue weighted by atomic mass is 9.95. The zero-order valence-corrected chi connectivity index (χ0v) is 15.3. The Morgan fingerprint density at radius 1 is 1.17 bits per heavy atom. The Morgan fingerprint density at radius 2 is 1.74 bits per heavy atom. The van der Waals surface area contributed by atoms with E-state index in [-0.39, 0.29) is 11.8 Å². The van der Waals surface area contributed by atoms with E-state index < -0.39 is 11.5 Å². The van der Waals surface area contributed by atoms with Gasteiger partial charge in [0.05, 0.1) is 0 Å². The number of hydrogen-bond acceptors (Lipinski definition) is 2. The highest BCUT2D eigenvalue weighted by atomic mass is 16.2. The van der Waals surface area contributed by atoms with Crippen molar-refractivity contribution < 1.29 is 9.59 Å². The molecular formula is C19H30N2O2. The van der Waals surface area contributed by atoms with Gasteiger partial charge in [-0.25, -0.2) is 0 Å². The zero-order chi connectivity index (χ0) is 17.6. The van der Waals surface area contributed by atoms with Gasteiger partial charge in [-0.15, -0.1) is 0 Å². The molecule has 0 spiro atoms. The highest BCUT2D eigenvalue weighted by molar-refractivity contribution is 5.89. The molecule has 1 aromatic rings. The van der Waals surface area contributed by atoms with Crippen LogP contribution in [0.2, 0.25) is 0 Å². The first-order valence-corrected chi connectivity index (χ1v) is 8.30. The van der Waals surface area contributed by atoms with Gasteiger partial charge in [-0.2, -0.15) is 0 Å². The van der Waals surface area contributed by atoms with Crippen molar-refractivity contribution in [1.29, 1.82) is 0 Å². The summed E-state index contributed by atoms with van der Waals surface area (Å²) < 4.78 is 0. The molecule has 1 aromatic carbocycles. The minimum absolute atomic E-state index is 0.0370. The number of rotatable bonds is 6. The molecule has 23 heavy (non-hydrogen) atoms. The minimum atomic E-state index is -0.515. The van der Waals surface area contributed by atoms with E-state index in [9.17, 15) is 9.59 Å². The van der Waals surface area contributed by atoms with Crippen LogP contribution in [-0.4, -0.2) is 29.3 Å². The molecule has 0 fully saturated rings. The van der Waals surface area contributed by atoms with Crippen molar-refractivity contribution in [3.63, 3.8) is 0 Å². The van der Waals surface area contributed by atoms with Gasteiger partial charge in [0.15, 0.2) is 0 Å². The average Bonchev–Trinajstić information content (AvgIpc) is 2.47. The van der Waals surface area contributed by atoms with E-state index in [2.05, 4.69) is 17.4 Å². The van der Waals surface area contributed by atoms with Crippen LogP contribution in [0.3, 0.4) is 0 Å². The topological polar surface area (TPSA) is 49.4 Å². The van der Waals surface area contributed by atoms with E-state index in [1.807, 2.05) is 51.7 Å². The molecule has 0 bridgehead atoms. The van der Waals surface area contributed by atoms with Crippen LogP contribution < -0.4 is 5.32 Å². The molecule has 4 heteroatoms. The Bertz CT molecular complexity index is 529. The van der Waals surface area contributed by atoms with Crippen LogP contribution in [0.5, 0.6) is 0 Å². The molecule has 0 saturated carbocycles. The molecule has 0 aliphatic carbocycles. The van der Waals surface area contributed by atoms with Gasteiger partial charge in [-0.3, -0.25) is 9.59 Å². The Morgan fingerprint density at radius 3 is 2.22 bits per heavy atom. The van der Waals surface area contributed by atoms with Crippen molar-refractivity contribution in [2.24, 2.45) is 5.41 Å². The minimum Gasteiger partial charge on any atom is -0.344 e. The predicted octanol–water partition coefficient (Wildman–Crippen LogP) is 3.28. The third kappa shape index (κ3) is 6.05. The maximum atomic E-state index is 12.7. The van der Waals surface area contributed by atoms with Crippen molar-refractivity contribution in [3.05, 3.63) is 35.4 Å². The molecule has 1 rings (SSSR count). The number of nitrogens with one attached hydrogen (secondary N) is 1. The summed E-state index contributed by atoms with van der Waals surface area (Å²) in [5, 5.41) is 2.82. The molecule has 0 unspecified atom stereocenters. The molecule has 0 heterocycles. The third-order valence-corrected chi connectivity index (χ3v) is 3.70. The summed E-state index contributed by atoms with van der Waals surface area (Å²) in [6, 6.07) is 7.68. The summed E-state index contributed by atoms with van der Waals surface area (Å²) in [5.74, 6) is -0.143. The van der Waals surface area contributed by atoms with Crippen LogP contribution in [0.1, 0.15) is 52.2 Å². The van der Waals surface area contributed by atoms with Gasteiger partial charge in [0.1, 0.15) is 6.04 Å². The lowest BCUT2D eigenvalue weighted by Crippen LogP contribution is -2.49. The summed E-state index contributed by atoms with van der Waals surface area (Å²) in [4.78, 5) is 26.6. The Kier molecular flexibility index (Phi) is 6.79. The lowest BCUT2D eigenvalue weighted by Gasteiger charge is -2.28. The fraction of sp³-hybridized carbons (Fsp3) is 0.579. The second-order valence-electron chi connectivity index (χ2n) is 7.19. The molecule has 2 amide bonds. The van der Waals surface area contributed by atoms with E-state index in [1.165, 1.54) is 5.56 Å². The molecule has 0 aromatic heterocycles. The normalized spacial score (nSPS) is 12.6. The fourth-order valence-electron chi connectivity index (χ4n) is 2.20. The number of benzene rings is 1. The molecule has 1 N–H and O–H groups in total. The SMILES string of the molecule is CCCN(Cc1ccc(C)cc1)C(=O)[C@H](C)NC(=O)C(C)(C)C. The number of carbonyl (C=O) groups is 2. The van der Waals surface area contributed by atoms with Gasteiger partial charge in [0.25, 0.3) is 0 Å². The Labute approximate surface area is 140 Å². The van der Waals surface area contributed by atoms with E-state index >= 15 is 0 Å². The Balaban J connectivity index is 2.77. The maximum absolute atomic E-state index is 12.7. The standard InChI is InChI=1S/C19H30N2O2/c1-7-12-21(13-16-10-8-14(2)9-11-16)17(22)15(3)20-18(23)19(4,5)6/h8-11,15H,7,12-13H2,1-6H3,(H,20,23)/t15-/m0/s1. The van der Waals surface area contributed by atoms with Gasteiger partial charge >= 0.3 is 0 Å². The van der Waals surface area contributed by atoms with Crippen LogP contribution in [-0.2, 0) is 16.1 Å². The number of amides is 2. The molecule has 0 saturated heterocycles. The molecule has 128 valence electrons. The summed E-state index contributed by atoms with van der Waals surface area (Å²) in [6.45, 7) is 12.6. The largest absolute Gasteiger partial charge is 0.344 e. The molecule has 0 aliphatic heterocycles. The summed E-state index contributed by atoms with van der Waals surface area (Å²) >= 11 is 0. The van der Waals surface area contributed by atoms with Gasteiger partial charge < -0.3 is 10.2 Å². The van der Waals surface area contributed by atoms with Crippen molar-refractivity contribution in [2.75, 3.05) is 6.54 Å². The van der Waals surface area contributed by atoms with E-state index in [1.54, 1.807) is 6.92 Å². The van der Waals surface area contributed by atoms with Crippen molar-refractivity contribution in [1.82, 2.24) is 10.2 Å². The summed E-state index contributed by atoms with van der Waals surface area (Å²) in [6.07, 6.45) is 0.886. The molecule has 4 nitrogen and oxygen atoms in total. The van der Waals surface area contributed by atoms with Crippen molar-refractivity contribution in [3.8, 4) is 0 Å². The monoisotopic (exact) mass is 318 g/mol. The smallest absolute Gasteiger partial charge is 0.245 e. The quantitative estimate of drug-likeness (QED) is 0.875. The van der Waals surface area contributed by atoms with Crippen LogP contribution >= 0.6 is 0 Å². The Hall–Kier alpha value is -1.84. The summed E-state index contributed by atoms with van der Waals surface area (Å²) in [5.41, 5.74) is 1.81. The number of nitrogens with zero attached hydrogens (tertiary/aromatic N) is 1. The van der Waals surface area contributed by atoms with E-state index in [0.29, 0.717) is 13.1 Å². The first kappa shape index (κ1) is 19.2. The highest BCUT2D eigenvalue weighted by Gasteiger charge is 2.27. The molecule has 1 atom stereocenters. The number of aryl methyl sites for hydroxylation is 1. The second-order valence-corrected chi connectivity index (χ2v) is 7.19. The van der Waals surface area contributed by atoms with Gasteiger partial charge in [-0.1, -0.05) is 57.5 Å². The molecule has 0 aliphatic rings. The number of carbonyl (C=O) groups excluding carboxylic acids is 2. The first-order chi connectivity index (χ1) is 10.6. The maximum Gasteiger partial charge on any atom is 0.245 e. The summed E-state index contributed by atoms with van der Waals surface area (Å²) in [7, 11) is 0. The third-order valence-electron chi connectivity index (χ3n) is 3.70. The van der Waals surface area contributed by atoms with Crippen LogP contribution in [0.15, 0.2) is 24.3 Å². The van der Waals surface area contributed by atoms with Crippen LogP contribution in [0, 0.1) is 12.3 Å².